The van der Waals surface area contributed by atoms with Gasteiger partial charge in [0.1, 0.15) is 5.69 Å². The van der Waals surface area contributed by atoms with Gasteiger partial charge in [-0.2, -0.15) is 0 Å². The fourth-order valence-corrected chi connectivity index (χ4v) is 6.23. The summed E-state index contributed by atoms with van der Waals surface area (Å²) in [5.74, 6) is 0.300. The summed E-state index contributed by atoms with van der Waals surface area (Å²) in [6.07, 6.45) is 3.76. The van der Waals surface area contributed by atoms with Gasteiger partial charge in [-0.3, -0.25) is 9.59 Å². The molecule has 2 fully saturated rings. The lowest BCUT2D eigenvalue weighted by Crippen LogP contribution is -2.47. The van der Waals surface area contributed by atoms with Crippen molar-refractivity contribution in [3.8, 4) is 0 Å². The van der Waals surface area contributed by atoms with Gasteiger partial charge in [0, 0.05) is 79.9 Å². The van der Waals surface area contributed by atoms with Crippen molar-refractivity contribution in [2.24, 2.45) is 0 Å². The van der Waals surface area contributed by atoms with Crippen LogP contribution in [0.4, 0.5) is 5.69 Å². The molecule has 2 saturated heterocycles. The number of aromatic nitrogens is 1. The molecule has 0 saturated carbocycles. The van der Waals surface area contributed by atoms with Crippen LogP contribution in [0.25, 0.3) is 10.9 Å². The normalized spacial score (nSPS) is 16.4. The Bertz CT molecular complexity index is 1490. The predicted molar refractivity (Wildman–Crippen MR) is 181 cm³/mol. The van der Waals surface area contributed by atoms with Crippen LogP contribution in [0.15, 0.2) is 84.9 Å². The SMILES string of the molecule is CCC(=O)N(c1ccccc1)C1CCN(CCc2ccccc2)CC1.CN1CCN(C(=O)c2cc3cc(Cl)ccc3[nH]2)CC1. The summed E-state index contributed by atoms with van der Waals surface area (Å²) in [5, 5.41) is 1.66. The average molecular weight is 614 g/mol. The first-order valence-corrected chi connectivity index (χ1v) is 16.2. The molecule has 0 bridgehead atoms. The highest BCUT2D eigenvalue weighted by Crippen LogP contribution is 2.25. The highest BCUT2D eigenvalue weighted by molar-refractivity contribution is 6.31. The number of carbonyl (C=O) groups excluding carboxylic acids is 2. The summed E-state index contributed by atoms with van der Waals surface area (Å²) < 4.78 is 0. The molecule has 4 aromatic rings. The van der Waals surface area contributed by atoms with Crippen LogP contribution in [-0.4, -0.2) is 90.4 Å². The van der Waals surface area contributed by atoms with Crippen molar-refractivity contribution in [1.29, 1.82) is 0 Å². The molecule has 1 N–H and O–H groups in total. The fourth-order valence-electron chi connectivity index (χ4n) is 6.05. The number of nitrogens with zero attached hydrogens (tertiary/aromatic N) is 4. The van der Waals surface area contributed by atoms with E-state index in [4.69, 9.17) is 11.6 Å². The topological polar surface area (TPSA) is 62.9 Å². The third-order valence-electron chi connectivity index (χ3n) is 8.69. The van der Waals surface area contributed by atoms with Crippen molar-refractivity contribution < 1.29 is 9.59 Å². The van der Waals surface area contributed by atoms with E-state index in [9.17, 15) is 9.59 Å². The van der Waals surface area contributed by atoms with Gasteiger partial charge in [-0.05, 0) is 68.3 Å². The molecule has 0 unspecified atom stereocenters. The lowest BCUT2D eigenvalue weighted by Gasteiger charge is -2.38. The maximum atomic E-state index is 12.5. The smallest absolute Gasteiger partial charge is 0.270 e. The summed E-state index contributed by atoms with van der Waals surface area (Å²) in [7, 11) is 2.08. The largest absolute Gasteiger partial charge is 0.351 e. The molecule has 6 rings (SSSR count). The first-order valence-electron chi connectivity index (χ1n) is 15.8. The van der Waals surface area contributed by atoms with Gasteiger partial charge in [-0.1, -0.05) is 67.1 Å². The number of hydrogen-bond acceptors (Lipinski definition) is 4. The van der Waals surface area contributed by atoms with Crippen molar-refractivity contribution in [2.45, 2.75) is 38.6 Å². The van der Waals surface area contributed by atoms with Crippen LogP contribution < -0.4 is 4.90 Å². The molecule has 2 aliphatic heterocycles. The number of rotatable bonds is 7. The molecule has 0 radical (unpaired) electrons. The molecule has 232 valence electrons. The van der Waals surface area contributed by atoms with E-state index < -0.39 is 0 Å². The second-order valence-corrected chi connectivity index (χ2v) is 12.2. The number of carbonyl (C=O) groups is 2. The van der Waals surface area contributed by atoms with Gasteiger partial charge in [-0.25, -0.2) is 0 Å². The summed E-state index contributed by atoms with van der Waals surface area (Å²) in [4.78, 5) is 36.8. The van der Waals surface area contributed by atoms with Crippen LogP contribution in [0.2, 0.25) is 5.02 Å². The van der Waals surface area contributed by atoms with Gasteiger partial charge in [0.25, 0.3) is 5.91 Å². The van der Waals surface area contributed by atoms with E-state index in [0.29, 0.717) is 23.2 Å². The van der Waals surface area contributed by atoms with E-state index in [1.165, 1.54) is 5.56 Å². The van der Waals surface area contributed by atoms with E-state index in [1.807, 2.05) is 59.2 Å². The first kappa shape index (κ1) is 31.8. The predicted octanol–water partition coefficient (Wildman–Crippen LogP) is 6.35. The van der Waals surface area contributed by atoms with E-state index in [1.54, 1.807) is 0 Å². The van der Waals surface area contributed by atoms with E-state index in [0.717, 1.165) is 81.7 Å². The van der Waals surface area contributed by atoms with Crippen molar-refractivity contribution in [3.63, 3.8) is 0 Å². The number of fused-ring (bicyclic) bond motifs is 1. The molecule has 2 aliphatic rings. The minimum absolute atomic E-state index is 0.0698. The molecule has 3 aromatic carbocycles. The van der Waals surface area contributed by atoms with Crippen LogP contribution in [0, 0.1) is 0 Å². The number of benzene rings is 3. The molecule has 0 aliphatic carbocycles. The number of aromatic amines is 1. The van der Waals surface area contributed by atoms with Gasteiger partial charge in [-0.15, -0.1) is 0 Å². The molecule has 7 nitrogen and oxygen atoms in total. The number of likely N-dealkylation sites (N-methyl/N-ethyl adjacent to an activating group) is 1. The number of anilines is 1. The second kappa shape index (κ2) is 15.4. The second-order valence-electron chi connectivity index (χ2n) is 11.8. The fraction of sp³-hybridized carbons (Fsp3) is 0.389. The number of nitrogens with one attached hydrogen (secondary N) is 1. The Morgan fingerprint density at radius 3 is 2.18 bits per heavy atom. The lowest BCUT2D eigenvalue weighted by molar-refractivity contribution is -0.119. The average Bonchev–Trinajstić information content (AvgIpc) is 3.49. The Hall–Kier alpha value is -3.65. The number of para-hydroxylation sites is 1. The molecule has 0 spiro atoms. The number of hydrogen-bond donors (Lipinski definition) is 1. The zero-order valence-electron chi connectivity index (χ0n) is 25.9. The third kappa shape index (κ3) is 8.29. The maximum Gasteiger partial charge on any atom is 0.270 e. The van der Waals surface area contributed by atoms with Gasteiger partial charge >= 0.3 is 0 Å². The van der Waals surface area contributed by atoms with Gasteiger partial charge < -0.3 is 24.6 Å². The van der Waals surface area contributed by atoms with Gasteiger partial charge in [0.2, 0.25) is 5.91 Å². The van der Waals surface area contributed by atoms with Gasteiger partial charge in [0.05, 0.1) is 0 Å². The Balaban J connectivity index is 0.000000181. The molecule has 44 heavy (non-hydrogen) atoms. The Morgan fingerprint density at radius 1 is 0.864 bits per heavy atom. The minimum Gasteiger partial charge on any atom is -0.351 e. The zero-order chi connectivity index (χ0) is 30.9. The summed E-state index contributed by atoms with van der Waals surface area (Å²) in [5.41, 5.74) is 4.03. The van der Waals surface area contributed by atoms with Gasteiger partial charge in [0.15, 0.2) is 0 Å². The molecule has 0 atom stereocenters. The summed E-state index contributed by atoms with van der Waals surface area (Å²) in [6, 6.07) is 28.6. The third-order valence-corrected chi connectivity index (χ3v) is 8.93. The Kier molecular flexibility index (Phi) is 11.1. The Morgan fingerprint density at radius 2 is 1.52 bits per heavy atom. The number of likely N-dealkylation sites (tertiary alicyclic amines) is 1. The number of halogens is 1. The Labute approximate surface area is 266 Å². The zero-order valence-corrected chi connectivity index (χ0v) is 26.7. The van der Waals surface area contributed by atoms with Crippen molar-refractivity contribution in [1.82, 2.24) is 19.7 Å². The van der Waals surface area contributed by atoms with Crippen LogP contribution in [-0.2, 0) is 11.2 Å². The molecule has 1 aromatic heterocycles. The molecule has 8 heteroatoms. The molecular weight excluding hydrogens is 570 g/mol. The van der Waals surface area contributed by atoms with Crippen molar-refractivity contribution in [2.75, 3.05) is 57.8 Å². The number of piperidine rings is 1. The van der Waals surface area contributed by atoms with Crippen molar-refractivity contribution >= 4 is 40.0 Å². The van der Waals surface area contributed by atoms with Crippen LogP contribution >= 0.6 is 11.6 Å². The highest BCUT2D eigenvalue weighted by Gasteiger charge is 2.28. The van der Waals surface area contributed by atoms with Crippen LogP contribution in [0.1, 0.15) is 42.2 Å². The number of piperazine rings is 1. The van der Waals surface area contributed by atoms with E-state index in [2.05, 4.69) is 64.3 Å². The van der Waals surface area contributed by atoms with E-state index >= 15 is 0 Å². The van der Waals surface area contributed by atoms with Crippen molar-refractivity contribution in [3.05, 3.63) is 101 Å². The first-order chi connectivity index (χ1) is 21.4. The molecule has 3 heterocycles. The number of amides is 2. The lowest BCUT2D eigenvalue weighted by atomic mass is 10.0. The molecular formula is C36H44ClN5O2. The van der Waals surface area contributed by atoms with Crippen LogP contribution in [0.3, 0.4) is 0 Å². The summed E-state index contributed by atoms with van der Waals surface area (Å²) in [6.45, 7) is 8.61. The van der Waals surface area contributed by atoms with Crippen LogP contribution in [0.5, 0.6) is 0 Å². The van der Waals surface area contributed by atoms with E-state index in [-0.39, 0.29) is 11.8 Å². The monoisotopic (exact) mass is 613 g/mol. The standard InChI is InChI=1S/C22H28N2O.C14H16ClN3O/c1-2-22(25)24(20-11-7-4-8-12-20)21-14-17-23(18-15-21)16-13-19-9-5-3-6-10-19;1-17-4-6-18(7-5-17)14(19)13-9-10-8-11(15)2-3-12(10)16-13/h3-12,21H,2,13-18H2,1H3;2-3,8-9,16H,4-7H2,1H3. The number of H-pyrrole nitrogens is 1. The maximum absolute atomic E-state index is 12.5. The highest BCUT2D eigenvalue weighted by atomic mass is 35.5. The quantitative estimate of drug-likeness (QED) is 0.264. The minimum atomic E-state index is 0.0698. The summed E-state index contributed by atoms with van der Waals surface area (Å²) >= 11 is 5.96. The molecule has 2 amide bonds.